The molecule has 1 aliphatic carbocycles. The van der Waals surface area contributed by atoms with Gasteiger partial charge in [-0.25, -0.2) is 0 Å². The molecule has 0 fully saturated rings. The number of benzene rings is 3. The fourth-order valence-corrected chi connectivity index (χ4v) is 11.3. The zero-order valence-corrected chi connectivity index (χ0v) is 23.4. The lowest BCUT2D eigenvalue weighted by atomic mass is 9.86. The summed E-state index contributed by atoms with van der Waals surface area (Å²) < 4.78 is 6.50. The molecule has 0 saturated carbocycles. The van der Waals surface area contributed by atoms with Crippen LogP contribution in [-0.4, -0.2) is 14.7 Å². The number of halogens is 2. The van der Waals surface area contributed by atoms with Crippen LogP contribution in [0.1, 0.15) is 56.9 Å². The summed E-state index contributed by atoms with van der Waals surface area (Å²) in [6.45, 7) is 15.9. The lowest BCUT2D eigenvalue weighted by Crippen LogP contribution is -2.53. The van der Waals surface area contributed by atoms with Gasteiger partial charge in [0, 0.05) is 15.6 Å². The molecule has 4 heteroatoms. The van der Waals surface area contributed by atoms with Crippen molar-refractivity contribution in [2.24, 2.45) is 0 Å². The van der Waals surface area contributed by atoms with Crippen LogP contribution in [0, 0.1) is 0 Å². The number of rotatable bonds is 7. The fourth-order valence-electron chi connectivity index (χ4n) is 5.81. The van der Waals surface area contributed by atoms with E-state index < -0.39 is 8.07 Å². The van der Waals surface area contributed by atoms with Crippen molar-refractivity contribution in [2.75, 3.05) is 6.61 Å². The van der Waals surface area contributed by atoms with Crippen molar-refractivity contribution in [3.8, 4) is 16.9 Å². The molecular formula is C30H34Cl2OSi. The van der Waals surface area contributed by atoms with Crippen LogP contribution in [0.3, 0.4) is 0 Å². The Hall–Kier alpha value is -2.00. The second-order valence-corrected chi connectivity index (χ2v) is 16.0. The topological polar surface area (TPSA) is 9.23 Å². The van der Waals surface area contributed by atoms with Crippen molar-refractivity contribution in [3.05, 3.63) is 94.0 Å². The first-order chi connectivity index (χ1) is 16.2. The average molecular weight is 510 g/mol. The Balaban J connectivity index is 2.06. The van der Waals surface area contributed by atoms with Crippen molar-refractivity contribution in [1.82, 2.24) is 0 Å². The standard InChI is InChI=1S/C30H34Cl2OSi/c1-7-17-33-28-26(30(4,5)6)11-10-12-27(28)34(8-2,9-3)29-24-18-20(31)13-15-22(24)23-16-14-21(32)19-25(23)29/h7,10-16,18-19,29H,1,8-9,17H2,2-6H3. The van der Waals surface area contributed by atoms with Crippen LogP contribution in [0.4, 0.5) is 0 Å². The first-order valence-electron chi connectivity index (χ1n) is 12.1. The lowest BCUT2D eigenvalue weighted by molar-refractivity contribution is 0.353. The zero-order valence-electron chi connectivity index (χ0n) is 20.8. The van der Waals surface area contributed by atoms with Crippen molar-refractivity contribution in [1.29, 1.82) is 0 Å². The summed E-state index contributed by atoms with van der Waals surface area (Å²) in [7, 11) is -2.22. The first kappa shape index (κ1) is 25.1. The summed E-state index contributed by atoms with van der Waals surface area (Å²) in [6, 6.07) is 21.6. The van der Waals surface area contributed by atoms with Crippen molar-refractivity contribution in [3.63, 3.8) is 0 Å². The monoisotopic (exact) mass is 508 g/mol. The van der Waals surface area contributed by atoms with Crippen LogP contribution < -0.4 is 9.92 Å². The Morgan fingerprint density at radius 3 is 1.94 bits per heavy atom. The highest BCUT2D eigenvalue weighted by Gasteiger charge is 2.48. The van der Waals surface area contributed by atoms with E-state index in [9.17, 15) is 0 Å². The molecule has 178 valence electrons. The van der Waals surface area contributed by atoms with E-state index in [0.717, 1.165) is 27.9 Å². The molecule has 34 heavy (non-hydrogen) atoms. The van der Waals surface area contributed by atoms with Crippen molar-refractivity contribution in [2.45, 2.75) is 57.7 Å². The van der Waals surface area contributed by atoms with Gasteiger partial charge in [-0.2, -0.15) is 0 Å². The summed E-state index contributed by atoms with van der Waals surface area (Å²) in [6.07, 6.45) is 1.84. The van der Waals surface area contributed by atoms with Gasteiger partial charge in [-0.15, -0.1) is 0 Å². The molecule has 0 bridgehead atoms. The van der Waals surface area contributed by atoms with Crippen molar-refractivity contribution >= 4 is 36.5 Å². The van der Waals surface area contributed by atoms with Crippen LogP contribution in [0.5, 0.6) is 5.75 Å². The summed E-state index contributed by atoms with van der Waals surface area (Å²) in [4.78, 5) is 0. The second kappa shape index (κ2) is 9.57. The van der Waals surface area contributed by atoms with E-state index in [1.54, 1.807) is 0 Å². The molecule has 0 saturated heterocycles. The lowest BCUT2D eigenvalue weighted by Gasteiger charge is -2.40. The Bertz CT molecular complexity index is 1170. The summed E-state index contributed by atoms with van der Waals surface area (Å²) in [5.74, 6) is 1.05. The molecule has 0 unspecified atom stereocenters. The van der Waals surface area contributed by atoms with Crippen molar-refractivity contribution < 1.29 is 4.74 Å². The van der Waals surface area contributed by atoms with Gasteiger partial charge >= 0.3 is 0 Å². The summed E-state index contributed by atoms with van der Waals surface area (Å²) in [5, 5.41) is 2.95. The third kappa shape index (κ3) is 4.15. The number of para-hydroxylation sites is 1. The number of hydrogen-bond donors (Lipinski definition) is 0. The summed E-state index contributed by atoms with van der Waals surface area (Å²) in [5.41, 5.74) is 6.69. The Labute approximate surface area is 215 Å². The van der Waals surface area contributed by atoms with Gasteiger partial charge in [0.2, 0.25) is 0 Å². The van der Waals surface area contributed by atoms with Gasteiger partial charge in [0.05, 0.1) is 0 Å². The molecular weight excluding hydrogens is 475 g/mol. The average Bonchev–Trinajstić information content (AvgIpc) is 3.11. The Morgan fingerprint density at radius 2 is 1.47 bits per heavy atom. The maximum atomic E-state index is 6.58. The molecule has 3 aromatic rings. The molecule has 0 N–H and O–H groups in total. The van der Waals surface area contributed by atoms with Crippen LogP contribution in [-0.2, 0) is 5.41 Å². The van der Waals surface area contributed by atoms with E-state index in [1.807, 2.05) is 18.2 Å². The second-order valence-electron chi connectivity index (χ2n) is 10.3. The van der Waals surface area contributed by atoms with Gasteiger partial charge in [-0.3, -0.25) is 0 Å². The van der Waals surface area contributed by atoms with E-state index in [0.29, 0.717) is 6.61 Å². The van der Waals surface area contributed by atoms with E-state index in [-0.39, 0.29) is 11.0 Å². The normalized spacial score (nSPS) is 13.5. The highest BCUT2D eigenvalue weighted by atomic mass is 35.5. The minimum Gasteiger partial charge on any atom is -0.489 e. The Morgan fingerprint density at radius 1 is 0.912 bits per heavy atom. The van der Waals surface area contributed by atoms with Crippen LogP contribution in [0.25, 0.3) is 11.1 Å². The molecule has 0 amide bonds. The Kier molecular flexibility index (Phi) is 7.06. The number of ether oxygens (including phenoxy) is 1. The zero-order chi connectivity index (χ0) is 24.7. The predicted molar refractivity (Wildman–Crippen MR) is 151 cm³/mol. The van der Waals surface area contributed by atoms with Crippen LogP contribution >= 0.6 is 23.2 Å². The molecule has 0 heterocycles. The van der Waals surface area contributed by atoms with E-state index >= 15 is 0 Å². The minimum atomic E-state index is -2.22. The number of hydrogen-bond acceptors (Lipinski definition) is 1. The maximum Gasteiger partial charge on any atom is 0.122 e. The van der Waals surface area contributed by atoms with Gasteiger partial charge in [0.1, 0.15) is 20.4 Å². The van der Waals surface area contributed by atoms with Gasteiger partial charge in [-0.1, -0.05) is 113 Å². The highest BCUT2D eigenvalue weighted by molar-refractivity contribution is 6.94. The van der Waals surface area contributed by atoms with E-state index in [2.05, 4.69) is 83.7 Å². The van der Waals surface area contributed by atoms with Gasteiger partial charge in [-0.05, 0) is 62.7 Å². The highest BCUT2D eigenvalue weighted by Crippen LogP contribution is 2.52. The summed E-state index contributed by atoms with van der Waals surface area (Å²) >= 11 is 13.2. The van der Waals surface area contributed by atoms with Crippen LogP contribution in [0.2, 0.25) is 22.1 Å². The van der Waals surface area contributed by atoms with Gasteiger partial charge in [0.25, 0.3) is 0 Å². The molecule has 0 spiro atoms. The predicted octanol–water partition coefficient (Wildman–Crippen LogP) is 8.90. The van der Waals surface area contributed by atoms with E-state index in [1.165, 1.54) is 33.0 Å². The number of fused-ring (bicyclic) bond motifs is 3. The minimum absolute atomic E-state index is 0.0355. The SMILES string of the molecule is C=CCOc1c(C(C)(C)C)cccc1[Si](CC)(CC)C1c2cc(Cl)ccc2-c2ccc(Cl)cc21. The quantitative estimate of drug-likeness (QED) is 0.228. The third-order valence-electron chi connectivity index (χ3n) is 7.46. The molecule has 4 rings (SSSR count). The van der Waals surface area contributed by atoms with E-state index in [4.69, 9.17) is 27.9 Å². The van der Waals surface area contributed by atoms with Gasteiger partial charge in [0.15, 0.2) is 0 Å². The smallest absolute Gasteiger partial charge is 0.122 e. The molecule has 0 atom stereocenters. The molecule has 3 aromatic carbocycles. The molecule has 0 aromatic heterocycles. The largest absolute Gasteiger partial charge is 0.489 e. The molecule has 1 aliphatic rings. The molecule has 0 radical (unpaired) electrons. The molecule has 0 aliphatic heterocycles. The first-order valence-corrected chi connectivity index (χ1v) is 15.4. The van der Waals surface area contributed by atoms with Gasteiger partial charge < -0.3 is 4.74 Å². The fraction of sp³-hybridized carbons (Fsp3) is 0.333. The third-order valence-corrected chi connectivity index (χ3v) is 13.6. The maximum absolute atomic E-state index is 6.58. The van der Waals surface area contributed by atoms with Crippen LogP contribution in [0.15, 0.2) is 67.3 Å². The molecule has 1 nitrogen and oxygen atoms in total.